The number of para-hydroxylation sites is 1. The van der Waals surface area contributed by atoms with Gasteiger partial charge in [0.05, 0.1) is 6.42 Å². The van der Waals surface area contributed by atoms with Crippen molar-refractivity contribution in [2.45, 2.75) is 44.6 Å². The third-order valence-corrected chi connectivity index (χ3v) is 4.84. The number of rotatable bonds is 6. The molecule has 0 saturated heterocycles. The van der Waals surface area contributed by atoms with E-state index in [4.69, 9.17) is 9.84 Å². The molecule has 0 bridgehead atoms. The zero-order valence-corrected chi connectivity index (χ0v) is 14.7. The predicted molar refractivity (Wildman–Crippen MR) is 98.1 cm³/mol. The molecule has 2 aromatic heterocycles. The fourth-order valence-corrected chi connectivity index (χ4v) is 3.49. The van der Waals surface area contributed by atoms with Crippen molar-refractivity contribution in [1.82, 2.24) is 19.5 Å². The van der Waals surface area contributed by atoms with E-state index in [1.165, 1.54) is 0 Å². The highest BCUT2D eigenvalue weighted by molar-refractivity contribution is 5.71. The molecule has 1 aromatic carbocycles. The highest BCUT2D eigenvalue weighted by atomic mass is 16.5. The number of carbonyl (C=O) groups is 1. The number of nitrogens with zero attached hydrogens (tertiary/aromatic N) is 3. The summed E-state index contributed by atoms with van der Waals surface area (Å²) >= 11 is 0. The Bertz CT molecular complexity index is 1020. The van der Waals surface area contributed by atoms with Crippen LogP contribution in [0.5, 0.6) is 11.8 Å². The Kier molecular flexibility index (Phi) is 4.62. The number of aromatic nitrogens is 4. The summed E-state index contributed by atoms with van der Waals surface area (Å²) in [5, 5.41) is 9.10. The molecule has 1 aliphatic carbocycles. The Labute approximate surface area is 154 Å². The summed E-state index contributed by atoms with van der Waals surface area (Å²) in [4.78, 5) is 35.4. The van der Waals surface area contributed by atoms with Crippen LogP contribution in [0.15, 0.2) is 35.1 Å². The minimum absolute atomic E-state index is 0.0458. The first-order valence-corrected chi connectivity index (χ1v) is 9.07. The van der Waals surface area contributed by atoms with Gasteiger partial charge in [0.1, 0.15) is 11.6 Å². The maximum absolute atomic E-state index is 12.5. The van der Waals surface area contributed by atoms with Crippen molar-refractivity contribution in [3.05, 3.63) is 46.5 Å². The molecule has 4 rings (SSSR count). The van der Waals surface area contributed by atoms with Crippen LogP contribution < -0.4 is 10.3 Å². The number of aryl methyl sites for hydroxylation is 1. The first-order valence-electron chi connectivity index (χ1n) is 9.07. The van der Waals surface area contributed by atoms with Gasteiger partial charge in [0.15, 0.2) is 11.2 Å². The Hall–Kier alpha value is -3.16. The second kappa shape index (κ2) is 7.22. The van der Waals surface area contributed by atoms with E-state index >= 15 is 0 Å². The van der Waals surface area contributed by atoms with E-state index in [-0.39, 0.29) is 19.0 Å². The van der Waals surface area contributed by atoms with Gasteiger partial charge in [-0.1, -0.05) is 31.0 Å². The number of fused-ring (bicyclic) bond motifs is 1. The standard InChI is InChI=1S/C19H20N4O4/c24-14(25)10-11-23-17-15(20-16(21-17)12-6-4-5-7-12)18(26)22-19(23)27-13-8-2-1-3-9-13/h1-3,8-9,12H,4-7,10-11H2,(H,20,21)(H,24,25). The van der Waals surface area contributed by atoms with Gasteiger partial charge in [-0.15, -0.1) is 0 Å². The van der Waals surface area contributed by atoms with Crippen LogP contribution in [0.2, 0.25) is 0 Å². The SMILES string of the molecule is O=C(O)CCn1c(Oc2ccccc2)nc(=O)c2[nH]c(C3CCCC3)nc21. The first kappa shape index (κ1) is 17.3. The second-order valence-corrected chi connectivity index (χ2v) is 6.71. The highest BCUT2D eigenvalue weighted by Crippen LogP contribution is 2.33. The largest absolute Gasteiger partial charge is 0.481 e. The van der Waals surface area contributed by atoms with Crippen molar-refractivity contribution in [3.8, 4) is 11.8 Å². The van der Waals surface area contributed by atoms with E-state index in [0.717, 1.165) is 31.5 Å². The molecule has 0 amide bonds. The van der Waals surface area contributed by atoms with E-state index in [1.54, 1.807) is 28.8 Å². The number of hydrogen-bond acceptors (Lipinski definition) is 5. The van der Waals surface area contributed by atoms with Crippen molar-refractivity contribution < 1.29 is 14.6 Å². The monoisotopic (exact) mass is 368 g/mol. The number of hydrogen-bond donors (Lipinski definition) is 2. The Morgan fingerprint density at radius 2 is 1.96 bits per heavy atom. The van der Waals surface area contributed by atoms with Crippen LogP contribution in [-0.4, -0.2) is 30.6 Å². The summed E-state index contributed by atoms with van der Waals surface area (Å²) in [6.07, 6.45) is 4.22. The first-order chi connectivity index (χ1) is 13.1. The molecule has 0 aliphatic heterocycles. The van der Waals surface area contributed by atoms with E-state index in [1.807, 2.05) is 6.07 Å². The number of aromatic amines is 1. The molecule has 0 atom stereocenters. The Balaban J connectivity index is 1.81. The van der Waals surface area contributed by atoms with Crippen LogP contribution in [0.25, 0.3) is 11.2 Å². The Morgan fingerprint density at radius 3 is 2.67 bits per heavy atom. The molecule has 8 heteroatoms. The van der Waals surface area contributed by atoms with Gasteiger partial charge >= 0.3 is 17.5 Å². The zero-order chi connectivity index (χ0) is 18.8. The van der Waals surface area contributed by atoms with Gasteiger partial charge in [-0.05, 0) is 25.0 Å². The van der Waals surface area contributed by atoms with Crippen molar-refractivity contribution in [2.24, 2.45) is 0 Å². The minimum Gasteiger partial charge on any atom is -0.481 e. The van der Waals surface area contributed by atoms with Crippen LogP contribution in [-0.2, 0) is 11.3 Å². The minimum atomic E-state index is -0.945. The van der Waals surface area contributed by atoms with Crippen molar-refractivity contribution >= 4 is 17.1 Å². The maximum Gasteiger partial charge on any atom is 0.307 e. The maximum atomic E-state index is 12.5. The lowest BCUT2D eigenvalue weighted by molar-refractivity contribution is -0.137. The number of nitrogens with one attached hydrogen (secondary N) is 1. The van der Waals surface area contributed by atoms with Crippen LogP contribution in [0.4, 0.5) is 0 Å². The quantitative estimate of drug-likeness (QED) is 0.692. The third-order valence-electron chi connectivity index (χ3n) is 4.84. The molecule has 27 heavy (non-hydrogen) atoms. The molecular weight excluding hydrogens is 348 g/mol. The number of ether oxygens (including phenoxy) is 1. The topological polar surface area (TPSA) is 110 Å². The number of carboxylic acids is 1. The molecule has 8 nitrogen and oxygen atoms in total. The van der Waals surface area contributed by atoms with Crippen LogP contribution in [0, 0.1) is 0 Å². The zero-order valence-electron chi connectivity index (χ0n) is 14.7. The fourth-order valence-electron chi connectivity index (χ4n) is 3.49. The summed E-state index contributed by atoms with van der Waals surface area (Å²) in [5.41, 5.74) is 0.228. The molecule has 0 unspecified atom stereocenters. The summed E-state index contributed by atoms with van der Waals surface area (Å²) < 4.78 is 7.33. The predicted octanol–water partition coefficient (Wildman–Crippen LogP) is 3.04. The number of aliphatic carboxylic acids is 1. The Morgan fingerprint density at radius 1 is 1.22 bits per heavy atom. The van der Waals surface area contributed by atoms with E-state index in [2.05, 4.69) is 15.0 Å². The van der Waals surface area contributed by atoms with Crippen LogP contribution >= 0.6 is 0 Å². The molecule has 3 aromatic rings. The van der Waals surface area contributed by atoms with E-state index in [0.29, 0.717) is 22.8 Å². The number of benzene rings is 1. The summed E-state index contributed by atoms with van der Waals surface area (Å²) in [7, 11) is 0. The van der Waals surface area contributed by atoms with Crippen molar-refractivity contribution in [3.63, 3.8) is 0 Å². The lowest BCUT2D eigenvalue weighted by atomic mass is 10.1. The highest BCUT2D eigenvalue weighted by Gasteiger charge is 2.24. The molecule has 0 spiro atoms. The molecule has 140 valence electrons. The van der Waals surface area contributed by atoms with Gasteiger partial charge < -0.3 is 14.8 Å². The van der Waals surface area contributed by atoms with Gasteiger partial charge in [0.25, 0.3) is 0 Å². The van der Waals surface area contributed by atoms with Gasteiger partial charge in [0, 0.05) is 12.5 Å². The number of carboxylic acid groups (broad SMARTS) is 1. The van der Waals surface area contributed by atoms with Gasteiger partial charge in [0.2, 0.25) is 0 Å². The van der Waals surface area contributed by atoms with Gasteiger partial charge in [-0.25, -0.2) is 4.98 Å². The molecule has 2 N–H and O–H groups in total. The van der Waals surface area contributed by atoms with E-state index in [9.17, 15) is 9.59 Å². The van der Waals surface area contributed by atoms with Gasteiger partial charge in [-0.3, -0.25) is 14.2 Å². The average Bonchev–Trinajstić information content (AvgIpc) is 3.32. The lowest BCUT2D eigenvalue weighted by Crippen LogP contribution is -2.17. The van der Waals surface area contributed by atoms with E-state index < -0.39 is 11.5 Å². The summed E-state index contributed by atoms with van der Waals surface area (Å²) in [6, 6.07) is 8.99. The smallest absolute Gasteiger partial charge is 0.307 e. The molecule has 0 radical (unpaired) electrons. The normalized spacial score (nSPS) is 14.7. The van der Waals surface area contributed by atoms with Crippen molar-refractivity contribution in [2.75, 3.05) is 0 Å². The summed E-state index contributed by atoms with van der Waals surface area (Å²) in [5.74, 6) is 0.629. The molecule has 1 aliphatic rings. The molecular formula is C19H20N4O4. The number of H-pyrrole nitrogens is 1. The fraction of sp³-hybridized carbons (Fsp3) is 0.368. The van der Waals surface area contributed by atoms with Crippen LogP contribution in [0.3, 0.4) is 0 Å². The average molecular weight is 368 g/mol. The number of imidazole rings is 1. The lowest BCUT2D eigenvalue weighted by Gasteiger charge is -2.12. The third kappa shape index (κ3) is 3.55. The summed E-state index contributed by atoms with van der Waals surface area (Å²) in [6.45, 7) is 0.107. The molecule has 1 fully saturated rings. The molecule has 1 saturated carbocycles. The second-order valence-electron chi connectivity index (χ2n) is 6.71. The van der Waals surface area contributed by atoms with Crippen molar-refractivity contribution in [1.29, 1.82) is 0 Å². The molecule has 2 heterocycles. The van der Waals surface area contributed by atoms with Gasteiger partial charge in [-0.2, -0.15) is 4.98 Å². The van der Waals surface area contributed by atoms with Crippen LogP contribution in [0.1, 0.15) is 43.8 Å².